The SMILES string of the molecule is CC(C)(C)C(C1=C2C(=O)N=C(c3ccncc3)N=C2N=N1)c1ccccc1. The highest BCUT2D eigenvalue weighted by Crippen LogP contribution is 2.44. The van der Waals surface area contributed by atoms with Crippen LogP contribution in [0.15, 0.2) is 86.3 Å². The summed E-state index contributed by atoms with van der Waals surface area (Å²) in [4.78, 5) is 25.5. The maximum Gasteiger partial charge on any atom is 0.284 e. The van der Waals surface area contributed by atoms with Crippen molar-refractivity contribution in [3.05, 3.63) is 77.3 Å². The van der Waals surface area contributed by atoms with Crippen molar-refractivity contribution < 1.29 is 4.79 Å². The van der Waals surface area contributed by atoms with E-state index in [9.17, 15) is 4.79 Å². The second-order valence-electron chi connectivity index (χ2n) is 7.58. The van der Waals surface area contributed by atoms with Crippen molar-refractivity contribution in [1.82, 2.24) is 4.98 Å². The molecule has 4 rings (SSSR count). The molecule has 2 aliphatic heterocycles. The molecule has 0 fully saturated rings. The third kappa shape index (κ3) is 3.14. The molecule has 6 heteroatoms. The smallest absolute Gasteiger partial charge is 0.266 e. The number of rotatable bonds is 3. The minimum Gasteiger partial charge on any atom is -0.266 e. The molecule has 2 aromatic rings. The molecule has 3 heterocycles. The van der Waals surface area contributed by atoms with Gasteiger partial charge in [-0.3, -0.25) is 9.78 Å². The van der Waals surface area contributed by atoms with Crippen molar-refractivity contribution in [1.29, 1.82) is 0 Å². The van der Waals surface area contributed by atoms with Gasteiger partial charge in [-0.25, -0.2) is 4.99 Å². The monoisotopic (exact) mass is 357 g/mol. The summed E-state index contributed by atoms with van der Waals surface area (Å²) < 4.78 is 0. The van der Waals surface area contributed by atoms with Gasteiger partial charge in [-0.15, -0.1) is 5.11 Å². The Hall–Kier alpha value is -3.28. The van der Waals surface area contributed by atoms with Crippen molar-refractivity contribution in [2.45, 2.75) is 26.7 Å². The fourth-order valence-corrected chi connectivity index (χ4v) is 3.42. The van der Waals surface area contributed by atoms with Crippen LogP contribution in [-0.4, -0.2) is 22.6 Å². The molecule has 1 unspecified atom stereocenters. The number of benzene rings is 1. The van der Waals surface area contributed by atoms with E-state index >= 15 is 0 Å². The first-order chi connectivity index (χ1) is 12.9. The standard InChI is InChI=1S/C21H19N5O/c1-21(2,3)16(13-7-5-4-6-8-13)17-15-19(26-25-17)23-18(24-20(15)27)14-9-11-22-12-10-14/h4-12,16H,1-3H3. The van der Waals surface area contributed by atoms with Crippen LogP contribution in [-0.2, 0) is 4.79 Å². The molecule has 27 heavy (non-hydrogen) atoms. The predicted octanol–water partition coefficient (Wildman–Crippen LogP) is 4.32. The number of azo groups is 1. The zero-order valence-corrected chi connectivity index (χ0v) is 15.4. The van der Waals surface area contributed by atoms with Gasteiger partial charge in [0.1, 0.15) is 5.57 Å². The lowest BCUT2D eigenvalue weighted by Gasteiger charge is -2.31. The lowest BCUT2D eigenvalue weighted by atomic mass is 9.73. The van der Waals surface area contributed by atoms with Gasteiger partial charge < -0.3 is 0 Å². The molecule has 0 aliphatic carbocycles. The highest BCUT2D eigenvalue weighted by molar-refractivity contribution is 6.31. The van der Waals surface area contributed by atoms with Crippen LogP contribution in [0.4, 0.5) is 0 Å². The van der Waals surface area contributed by atoms with Gasteiger partial charge in [0.15, 0.2) is 11.7 Å². The maximum atomic E-state index is 12.9. The van der Waals surface area contributed by atoms with Gasteiger partial charge in [0.05, 0.1) is 5.70 Å². The Morgan fingerprint density at radius 2 is 1.56 bits per heavy atom. The Morgan fingerprint density at radius 3 is 2.22 bits per heavy atom. The Labute approximate surface area is 157 Å². The quantitative estimate of drug-likeness (QED) is 0.820. The van der Waals surface area contributed by atoms with Crippen molar-refractivity contribution in [3.8, 4) is 0 Å². The predicted molar refractivity (Wildman–Crippen MR) is 104 cm³/mol. The lowest BCUT2D eigenvalue weighted by molar-refractivity contribution is -0.114. The summed E-state index contributed by atoms with van der Waals surface area (Å²) in [5, 5.41) is 8.58. The highest BCUT2D eigenvalue weighted by atomic mass is 16.1. The second kappa shape index (κ2) is 6.46. The molecule has 1 amide bonds. The Bertz CT molecular complexity index is 1010. The van der Waals surface area contributed by atoms with E-state index in [-0.39, 0.29) is 17.2 Å². The molecule has 6 nitrogen and oxygen atoms in total. The topological polar surface area (TPSA) is 79.4 Å². The number of pyridine rings is 1. The summed E-state index contributed by atoms with van der Waals surface area (Å²) in [6, 6.07) is 13.6. The molecule has 0 saturated carbocycles. The van der Waals surface area contributed by atoms with Crippen LogP contribution in [0.3, 0.4) is 0 Å². The molecular weight excluding hydrogens is 338 g/mol. The second-order valence-corrected chi connectivity index (χ2v) is 7.58. The largest absolute Gasteiger partial charge is 0.284 e. The summed E-state index contributed by atoms with van der Waals surface area (Å²) in [6.07, 6.45) is 3.28. The molecule has 1 atom stereocenters. The van der Waals surface area contributed by atoms with Gasteiger partial charge in [0.2, 0.25) is 0 Å². The van der Waals surface area contributed by atoms with Gasteiger partial charge in [-0.2, -0.15) is 10.1 Å². The zero-order chi connectivity index (χ0) is 19.0. The van der Waals surface area contributed by atoms with Gasteiger partial charge in [-0.1, -0.05) is 51.1 Å². The first-order valence-electron chi connectivity index (χ1n) is 8.78. The van der Waals surface area contributed by atoms with E-state index in [4.69, 9.17) is 0 Å². The molecule has 0 radical (unpaired) electrons. The van der Waals surface area contributed by atoms with E-state index in [0.29, 0.717) is 22.9 Å². The number of carbonyl (C=O) groups excluding carboxylic acids is 1. The van der Waals surface area contributed by atoms with E-state index in [2.05, 4.69) is 46.0 Å². The van der Waals surface area contributed by atoms with Crippen molar-refractivity contribution in [3.63, 3.8) is 0 Å². The fraction of sp³-hybridized carbons (Fsp3) is 0.238. The number of aromatic nitrogens is 1. The minimum atomic E-state index is -0.350. The van der Waals surface area contributed by atoms with Crippen molar-refractivity contribution >= 4 is 17.6 Å². The average Bonchev–Trinajstić information content (AvgIpc) is 3.06. The number of hydrogen-bond acceptors (Lipinski definition) is 5. The van der Waals surface area contributed by atoms with Gasteiger partial charge in [-0.05, 0) is 23.1 Å². The Morgan fingerprint density at radius 1 is 0.852 bits per heavy atom. The van der Waals surface area contributed by atoms with E-state index < -0.39 is 0 Å². The van der Waals surface area contributed by atoms with E-state index in [0.717, 1.165) is 11.1 Å². The summed E-state index contributed by atoms with van der Waals surface area (Å²) in [7, 11) is 0. The van der Waals surface area contributed by atoms with Gasteiger partial charge >= 0.3 is 0 Å². The third-order valence-corrected chi connectivity index (χ3v) is 4.58. The molecule has 1 aromatic carbocycles. The first kappa shape index (κ1) is 17.1. The number of amides is 1. The number of nitrogens with zero attached hydrogens (tertiary/aromatic N) is 5. The number of fused-ring (bicyclic) bond motifs is 1. The zero-order valence-electron chi connectivity index (χ0n) is 15.4. The molecule has 0 spiro atoms. The van der Waals surface area contributed by atoms with E-state index in [1.807, 2.05) is 30.3 Å². The van der Waals surface area contributed by atoms with Crippen LogP contribution in [0.2, 0.25) is 0 Å². The maximum absolute atomic E-state index is 12.9. The number of aliphatic imine (C=N–C) groups is 2. The third-order valence-electron chi connectivity index (χ3n) is 4.58. The van der Waals surface area contributed by atoms with Gasteiger partial charge in [0.25, 0.3) is 5.91 Å². The van der Waals surface area contributed by atoms with Crippen LogP contribution < -0.4 is 0 Å². The summed E-state index contributed by atoms with van der Waals surface area (Å²) in [5.74, 6) is 0.235. The molecule has 2 aliphatic rings. The number of carbonyl (C=O) groups is 1. The highest BCUT2D eigenvalue weighted by Gasteiger charge is 2.39. The average molecular weight is 357 g/mol. The summed E-state index contributed by atoms with van der Waals surface area (Å²) >= 11 is 0. The van der Waals surface area contributed by atoms with E-state index in [1.54, 1.807) is 24.5 Å². The molecule has 1 aromatic heterocycles. The number of amidine groups is 2. The molecule has 134 valence electrons. The summed E-state index contributed by atoms with van der Waals surface area (Å²) in [6.45, 7) is 6.38. The normalized spacial score (nSPS) is 17.5. The molecule has 0 bridgehead atoms. The summed E-state index contributed by atoms with van der Waals surface area (Å²) in [5.41, 5.74) is 2.69. The van der Waals surface area contributed by atoms with Crippen molar-refractivity contribution in [2.24, 2.45) is 25.6 Å². The Balaban J connectivity index is 1.81. The first-order valence-corrected chi connectivity index (χ1v) is 8.78. The number of allylic oxidation sites excluding steroid dienone is 1. The van der Waals surface area contributed by atoms with Crippen LogP contribution in [0.25, 0.3) is 0 Å². The lowest BCUT2D eigenvalue weighted by Crippen LogP contribution is -2.24. The molecular formula is C21H19N5O. The Kier molecular flexibility index (Phi) is 4.11. The van der Waals surface area contributed by atoms with E-state index in [1.165, 1.54) is 0 Å². The van der Waals surface area contributed by atoms with Crippen molar-refractivity contribution in [2.75, 3.05) is 0 Å². The molecule has 0 saturated heterocycles. The van der Waals surface area contributed by atoms with Crippen LogP contribution in [0.5, 0.6) is 0 Å². The fourth-order valence-electron chi connectivity index (χ4n) is 3.42. The van der Waals surface area contributed by atoms with Crippen LogP contribution >= 0.6 is 0 Å². The number of hydrogen-bond donors (Lipinski definition) is 0. The molecule has 0 N–H and O–H groups in total. The minimum absolute atomic E-state index is 0.0909. The van der Waals surface area contributed by atoms with Gasteiger partial charge in [0, 0.05) is 23.9 Å². The van der Waals surface area contributed by atoms with Crippen LogP contribution in [0, 0.1) is 5.41 Å². The van der Waals surface area contributed by atoms with Crippen LogP contribution in [0.1, 0.15) is 37.8 Å².